The Hall–Kier alpha value is -3.94. The van der Waals surface area contributed by atoms with E-state index in [1.165, 1.54) is 4.68 Å². The lowest BCUT2D eigenvalue weighted by atomic mass is 10.2. The van der Waals surface area contributed by atoms with Crippen LogP contribution in [-0.4, -0.2) is 31.6 Å². The fourth-order valence-corrected chi connectivity index (χ4v) is 4.21. The maximum Gasteiger partial charge on any atom is 0.295 e. The molecule has 1 amide bonds. The summed E-state index contributed by atoms with van der Waals surface area (Å²) in [5, 5.41) is 12.8. The van der Waals surface area contributed by atoms with Crippen LogP contribution in [0.25, 0.3) is 16.6 Å². The first-order valence-electron chi connectivity index (χ1n) is 12.3. The van der Waals surface area contributed by atoms with Crippen LogP contribution < -0.4 is 15.6 Å². The molecule has 36 heavy (non-hydrogen) atoms. The minimum absolute atomic E-state index is 0.0668. The van der Waals surface area contributed by atoms with Crippen molar-refractivity contribution in [2.24, 2.45) is 0 Å². The maximum absolute atomic E-state index is 13.1. The van der Waals surface area contributed by atoms with Gasteiger partial charge >= 0.3 is 0 Å². The Kier molecular flexibility index (Phi) is 7.52. The van der Waals surface area contributed by atoms with E-state index in [1.54, 1.807) is 4.68 Å². The fraction of sp³-hybridized carbons (Fsp3) is 0.357. The molecule has 8 heteroatoms. The molecule has 2 heterocycles. The summed E-state index contributed by atoms with van der Waals surface area (Å²) in [6, 6.07) is 15.7. The van der Waals surface area contributed by atoms with Gasteiger partial charge in [0.1, 0.15) is 5.75 Å². The van der Waals surface area contributed by atoms with Gasteiger partial charge in [0.2, 0.25) is 5.91 Å². The van der Waals surface area contributed by atoms with Crippen molar-refractivity contribution in [1.82, 2.24) is 24.9 Å². The summed E-state index contributed by atoms with van der Waals surface area (Å²) < 4.78 is 8.85. The summed E-state index contributed by atoms with van der Waals surface area (Å²) in [6.07, 6.45) is 0.925. The summed E-state index contributed by atoms with van der Waals surface area (Å²) in [5.41, 5.74) is 4.84. The second-order valence-corrected chi connectivity index (χ2v) is 9.36. The van der Waals surface area contributed by atoms with E-state index in [-0.39, 0.29) is 17.6 Å². The van der Waals surface area contributed by atoms with Gasteiger partial charge in [0, 0.05) is 19.5 Å². The number of carbonyl (C=O) groups excluding carboxylic acids is 1. The lowest BCUT2D eigenvalue weighted by Crippen LogP contribution is -2.26. The standard InChI is InChI=1S/C28H33N5O3/c1-18(2)36-24-14-10-22(11-15-24)17-29-25(34)7-6-16-32-28(35)27-26(20(4)30-32)21(5)33(31-27)23-12-8-19(3)9-13-23/h8-15,18H,6-7,16-17H2,1-5H3,(H,29,34). The number of aromatic nitrogens is 4. The average molecular weight is 488 g/mol. The van der Waals surface area contributed by atoms with Crippen LogP contribution in [0, 0.1) is 20.8 Å². The number of benzene rings is 2. The largest absolute Gasteiger partial charge is 0.491 e. The van der Waals surface area contributed by atoms with Gasteiger partial charge in [-0.15, -0.1) is 0 Å². The van der Waals surface area contributed by atoms with E-state index >= 15 is 0 Å². The quantitative estimate of drug-likeness (QED) is 0.378. The smallest absolute Gasteiger partial charge is 0.295 e. The van der Waals surface area contributed by atoms with Crippen LogP contribution in [0.4, 0.5) is 0 Å². The van der Waals surface area contributed by atoms with Crippen molar-refractivity contribution in [2.75, 3.05) is 0 Å². The number of hydrogen-bond acceptors (Lipinski definition) is 5. The van der Waals surface area contributed by atoms with Gasteiger partial charge in [-0.2, -0.15) is 10.2 Å². The van der Waals surface area contributed by atoms with Crippen molar-refractivity contribution in [3.63, 3.8) is 0 Å². The van der Waals surface area contributed by atoms with Gasteiger partial charge in [0.15, 0.2) is 5.52 Å². The van der Waals surface area contributed by atoms with Crippen molar-refractivity contribution in [2.45, 2.75) is 66.7 Å². The van der Waals surface area contributed by atoms with E-state index in [1.807, 2.05) is 83.1 Å². The molecule has 0 aliphatic carbocycles. The molecule has 0 unspecified atom stereocenters. The normalized spacial score (nSPS) is 11.3. The van der Waals surface area contributed by atoms with Crippen LogP contribution in [-0.2, 0) is 17.9 Å². The Bertz CT molecular complexity index is 1420. The van der Waals surface area contributed by atoms with E-state index in [2.05, 4.69) is 15.5 Å². The summed E-state index contributed by atoms with van der Waals surface area (Å²) in [7, 11) is 0. The van der Waals surface area contributed by atoms with Crippen LogP contribution in [0.5, 0.6) is 5.75 Å². The Labute approximate surface area is 210 Å². The third kappa shape index (κ3) is 5.64. The highest BCUT2D eigenvalue weighted by molar-refractivity contribution is 5.83. The second kappa shape index (κ2) is 10.8. The highest BCUT2D eigenvalue weighted by Gasteiger charge is 2.17. The Morgan fingerprint density at radius 2 is 1.69 bits per heavy atom. The lowest BCUT2D eigenvalue weighted by Gasteiger charge is -2.10. The predicted molar refractivity (Wildman–Crippen MR) is 141 cm³/mol. The van der Waals surface area contributed by atoms with Gasteiger partial charge in [0.05, 0.1) is 28.6 Å². The zero-order valence-electron chi connectivity index (χ0n) is 21.5. The van der Waals surface area contributed by atoms with Gasteiger partial charge in [-0.25, -0.2) is 9.36 Å². The molecule has 0 spiro atoms. The van der Waals surface area contributed by atoms with Crippen LogP contribution in [0.3, 0.4) is 0 Å². The van der Waals surface area contributed by atoms with Crippen molar-refractivity contribution in [1.29, 1.82) is 0 Å². The SMILES string of the molecule is Cc1ccc(-n2nc3c(=O)n(CCCC(=O)NCc4ccc(OC(C)C)cc4)nc(C)c3c2C)cc1. The molecular formula is C28H33N5O3. The first-order chi connectivity index (χ1) is 17.2. The number of nitrogens with zero attached hydrogens (tertiary/aromatic N) is 4. The van der Waals surface area contributed by atoms with Crippen molar-refractivity contribution < 1.29 is 9.53 Å². The van der Waals surface area contributed by atoms with E-state index in [4.69, 9.17) is 4.74 Å². The molecule has 0 aliphatic rings. The maximum atomic E-state index is 13.1. The van der Waals surface area contributed by atoms with Gasteiger partial charge in [-0.05, 0) is 70.9 Å². The van der Waals surface area contributed by atoms with Crippen molar-refractivity contribution in [3.05, 3.63) is 81.4 Å². The third-order valence-corrected chi connectivity index (χ3v) is 6.02. The zero-order chi connectivity index (χ0) is 25.8. The molecule has 2 aromatic heterocycles. The van der Waals surface area contributed by atoms with Gasteiger partial charge in [-0.1, -0.05) is 29.8 Å². The van der Waals surface area contributed by atoms with Crippen LogP contribution in [0.15, 0.2) is 53.3 Å². The molecule has 0 radical (unpaired) electrons. The second-order valence-electron chi connectivity index (χ2n) is 9.36. The summed E-state index contributed by atoms with van der Waals surface area (Å²) in [6.45, 7) is 10.6. The van der Waals surface area contributed by atoms with Crippen molar-refractivity contribution >= 4 is 16.8 Å². The molecule has 0 saturated carbocycles. The highest BCUT2D eigenvalue weighted by atomic mass is 16.5. The van der Waals surface area contributed by atoms with E-state index < -0.39 is 0 Å². The monoisotopic (exact) mass is 487 g/mol. The number of hydrogen-bond donors (Lipinski definition) is 1. The molecule has 0 fully saturated rings. The number of fused-ring (bicyclic) bond motifs is 1. The number of aryl methyl sites for hydroxylation is 4. The first kappa shape index (κ1) is 25.2. The Balaban J connectivity index is 1.38. The molecule has 2 aromatic carbocycles. The van der Waals surface area contributed by atoms with E-state index in [9.17, 15) is 9.59 Å². The molecule has 4 rings (SSSR count). The molecule has 0 saturated heterocycles. The lowest BCUT2D eigenvalue weighted by molar-refractivity contribution is -0.121. The van der Waals surface area contributed by atoms with Gasteiger partial charge < -0.3 is 10.1 Å². The molecule has 0 bridgehead atoms. The van der Waals surface area contributed by atoms with Crippen LogP contribution in [0.1, 0.15) is 49.2 Å². The third-order valence-electron chi connectivity index (χ3n) is 6.02. The number of ether oxygens (including phenoxy) is 1. The van der Waals surface area contributed by atoms with E-state index in [0.717, 1.165) is 39.3 Å². The Morgan fingerprint density at radius 3 is 2.36 bits per heavy atom. The van der Waals surface area contributed by atoms with Gasteiger partial charge in [-0.3, -0.25) is 9.59 Å². The summed E-state index contributed by atoms with van der Waals surface area (Å²) in [5.74, 6) is 0.743. The van der Waals surface area contributed by atoms with E-state index in [0.29, 0.717) is 31.4 Å². The minimum Gasteiger partial charge on any atom is -0.491 e. The number of nitrogens with one attached hydrogen (secondary N) is 1. The summed E-state index contributed by atoms with van der Waals surface area (Å²) in [4.78, 5) is 25.5. The fourth-order valence-electron chi connectivity index (χ4n) is 4.21. The number of amides is 1. The Morgan fingerprint density at radius 1 is 1.00 bits per heavy atom. The molecule has 188 valence electrons. The van der Waals surface area contributed by atoms with Gasteiger partial charge in [0.25, 0.3) is 5.56 Å². The highest BCUT2D eigenvalue weighted by Crippen LogP contribution is 2.21. The van der Waals surface area contributed by atoms with Crippen molar-refractivity contribution in [3.8, 4) is 11.4 Å². The molecule has 4 aromatic rings. The molecule has 0 atom stereocenters. The first-order valence-corrected chi connectivity index (χ1v) is 12.3. The average Bonchev–Trinajstić information content (AvgIpc) is 3.20. The topological polar surface area (TPSA) is 91.0 Å². The van der Waals surface area contributed by atoms with Crippen LogP contribution >= 0.6 is 0 Å². The predicted octanol–water partition coefficient (Wildman–Crippen LogP) is 4.39. The molecular weight excluding hydrogens is 454 g/mol. The molecule has 8 nitrogen and oxygen atoms in total. The minimum atomic E-state index is -0.242. The molecule has 1 N–H and O–H groups in total. The number of rotatable bonds is 9. The zero-order valence-corrected chi connectivity index (χ0v) is 21.5. The number of carbonyl (C=O) groups is 1. The molecule has 0 aliphatic heterocycles. The summed E-state index contributed by atoms with van der Waals surface area (Å²) >= 11 is 0. The van der Waals surface area contributed by atoms with Crippen LogP contribution in [0.2, 0.25) is 0 Å².